The maximum Gasteiger partial charge on any atom is 0.337 e. The molecule has 0 bridgehead atoms. The van der Waals surface area contributed by atoms with Crippen LogP contribution in [0, 0.1) is 5.92 Å². The second kappa shape index (κ2) is 7.43. The van der Waals surface area contributed by atoms with Crippen molar-refractivity contribution in [2.45, 2.75) is 19.8 Å². The van der Waals surface area contributed by atoms with Gasteiger partial charge < -0.3 is 9.47 Å². The molecule has 2 aromatic carbocycles. The average Bonchev–Trinajstić information content (AvgIpc) is 3.08. The van der Waals surface area contributed by atoms with Gasteiger partial charge in [-0.3, -0.25) is 9.79 Å². The number of carbonyl (C=O) groups is 2. The van der Waals surface area contributed by atoms with Crippen LogP contribution in [0.3, 0.4) is 0 Å². The summed E-state index contributed by atoms with van der Waals surface area (Å²) in [5.74, 6) is -1.93. The largest absolute Gasteiger partial charge is 0.465 e. The second-order valence-electron chi connectivity index (χ2n) is 6.85. The maximum atomic E-state index is 12.9. The molecule has 0 aliphatic carbocycles. The fourth-order valence-corrected chi connectivity index (χ4v) is 4.02. The van der Waals surface area contributed by atoms with Crippen LogP contribution in [0.4, 0.5) is 0 Å². The van der Waals surface area contributed by atoms with Gasteiger partial charge in [0.2, 0.25) is 0 Å². The lowest BCUT2D eigenvalue weighted by atomic mass is 9.74. The van der Waals surface area contributed by atoms with Crippen molar-refractivity contribution in [2.75, 3.05) is 13.2 Å². The Bertz CT molecular complexity index is 991. The minimum atomic E-state index is -0.658. The molecule has 2 heterocycles. The Morgan fingerprint density at radius 3 is 2.61 bits per heavy atom. The molecule has 2 aromatic rings. The lowest BCUT2D eigenvalue weighted by molar-refractivity contribution is -0.146. The van der Waals surface area contributed by atoms with Crippen LogP contribution >= 0.6 is 0 Å². The molecule has 0 fully saturated rings. The van der Waals surface area contributed by atoms with Crippen LogP contribution in [0.5, 0.6) is 0 Å². The SMILES string of the molecule is CCOC(=O)C1C(C)=NC2=C(C(=O)OC2)C1c1ccccc1-c1ccccc1. The Balaban J connectivity index is 1.92. The molecule has 28 heavy (non-hydrogen) atoms. The summed E-state index contributed by atoms with van der Waals surface area (Å²) in [7, 11) is 0. The lowest BCUT2D eigenvalue weighted by Gasteiger charge is -2.30. The number of aliphatic imine (C=N–C) groups is 1. The highest BCUT2D eigenvalue weighted by Crippen LogP contribution is 2.45. The standard InChI is InChI=1S/C23H21NO4/c1-3-27-22(25)19-14(2)24-18-13-28-23(26)21(18)20(19)17-12-8-7-11-16(17)15-9-5-4-6-10-15/h4-12,19-20H,3,13H2,1-2H3. The van der Waals surface area contributed by atoms with Gasteiger partial charge in [-0.15, -0.1) is 0 Å². The second-order valence-corrected chi connectivity index (χ2v) is 6.85. The van der Waals surface area contributed by atoms with E-state index in [0.717, 1.165) is 16.7 Å². The molecule has 2 unspecified atom stereocenters. The van der Waals surface area contributed by atoms with Crippen LogP contribution in [0.15, 0.2) is 70.9 Å². The van der Waals surface area contributed by atoms with Crippen LogP contribution in [-0.4, -0.2) is 30.9 Å². The molecule has 0 amide bonds. The molecule has 2 atom stereocenters. The lowest BCUT2D eigenvalue weighted by Crippen LogP contribution is -2.35. The summed E-state index contributed by atoms with van der Waals surface area (Å²) in [6, 6.07) is 17.8. The molecule has 0 radical (unpaired) electrons. The van der Waals surface area contributed by atoms with Gasteiger partial charge in [-0.2, -0.15) is 0 Å². The summed E-state index contributed by atoms with van der Waals surface area (Å²) in [6.07, 6.45) is 0. The number of ether oxygens (including phenoxy) is 2. The molecule has 5 nitrogen and oxygen atoms in total. The molecule has 5 heteroatoms. The average molecular weight is 375 g/mol. The Labute approximate surface area is 163 Å². The summed E-state index contributed by atoms with van der Waals surface area (Å²) < 4.78 is 10.6. The highest BCUT2D eigenvalue weighted by molar-refractivity contribution is 6.08. The third-order valence-corrected chi connectivity index (χ3v) is 5.20. The Hall–Kier alpha value is -3.21. The number of esters is 2. The van der Waals surface area contributed by atoms with Crippen molar-refractivity contribution in [1.82, 2.24) is 0 Å². The predicted octanol–water partition coefficient (Wildman–Crippen LogP) is 3.90. The number of hydrogen-bond acceptors (Lipinski definition) is 5. The van der Waals surface area contributed by atoms with Crippen molar-refractivity contribution in [3.05, 3.63) is 71.4 Å². The zero-order chi connectivity index (χ0) is 19.7. The van der Waals surface area contributed by atoms with Crippen LogP contribution in [0.2, 0.25) is 0 Å². The molecular formula is C23H21NO4. The number of rotatable bonds is 4. The zero-order valence-electron chi connectivity index (χ0n) is 15.8. The van der Waals surface area contributed by atoms with E-state index < -0.39 is 17.8 Å². The van der Waals surface area contributed by atoms with Crippen molar-refractivity contribution < 1.29 is 19.1 Å². The van der Waals surface area contributed by atoms with Gasteiger partial charge in [0.25, 0.3) is 0 Å². The zero-order valence-corrected chi connectivity index (χ0v) is 15.8. The monoisotopic (exact) mass is 375 g/mol. The number of benzene rings is 2. The van der Waals surface area contributed by atoms with Gasteiger partial charge in [-0.1, -0.05) is 54.6 Å². The van der Waals surface area contributed by atoms with E-state index in [4.69, 9.17) is 9.47 Å². The van der Waals surface area contributed by atoms with E-state index in [-0.39, 0.29) is 19.2 Å². The molecule has 0 N–H and O–H groups in total. The van der Waals surface area contributed by atoms with Crippen LogP contribution in [0.25, 0.3) is 11.1 Å². The van der Waals surface area contributed by atoms with Gasteiger partial charge in [-0.05, 0) is 30.5 Å². The normalized spacial score (nSPS) is 21.1. The van der Waals surface area contributed by atoms with Crippen molar-refractivity contribution in [2.24, 2.45) is 10.9 Å². The van der Waals surface area contributed by atoms with Crippen molar-refractivity contribution >= 4 is 17.7 Å². The van der Waals surface area contributed by atoms with E-state index in [1.807, 2.05) is 61.5 Å². The highest BCUT2D eigenvalue weighted by atomic mass is 16.5. The first-order valence-corrected chi connectivity index (χ1v) is 9.38. The quantitative estimate of drug-likeness (QED) is 0.760. The van der Waals surface area contributed by atoms with Gasteiger partial charge >= 0.3 is 11.9 Å². The van der Waals surface area contributed by atoms with Crippen LogP contribution in [-0.2, 0) is 19.1 Å². The molecule has 2 aliphatic rings. The van der Waals surface area contributed by atoms with Crippen LogP contribution < -0.4 is 0 Å². The summed E-state index contributed by atoms with van der Waals surface area (Å²) in [6.45, 7) is 4.00. The van der Waals surface area contributed by atoms with E-state index in [2.05, 4.69) is 4.99 Å². The van der Waals surface area contributed by atoms with Crippen LogP contribution in [0.1, 0.15) is 25.3 Å². The first-order chi connectivity index (χ1) is 13.6. The first kappa shape index (κ1) is 18.2. The summed E-state index contributed by atoms with van der Waals surface area (Å²) in [5, 5.41) is 0. The molecule has 4 rings (SSSR count). The van der Waals surface area contributed by atoms with E-state index in [9.17, 15) is 9.59 Å². The first-order valence-electron chi connectivity index (χ1n) is 9.38. The Morgan fingerprint density at radius 1 is 1.14 bits per heavy atom. The van der Waals surface area contributed by atoms with Gasteiger partial charge in [0.1, 0.15) is 12.5 Å². The third kappa shape index (κ3) is 3.03. The minimum absolute atomic E-state index is 0.144. The van der Waals surface area contributed by atoms with Crippen molar-refractivity contribution in [3.63, 3.8) is 0 Å². The summed E-state index contributed by atoms with van der Waals surface area (Å²) >= 11 is 0. The molecule has 0 saturated heterocycles. The molecule has 0 spiro atoms. The molecule has 0 saturated carbocycles. The third-order valence-electron chi connectivity index (χ3n) is 5.20. The van der Waals surface area contributed by atoms with Gasteiger partial charge in [0.15, 0.2) is 0 Å². The van der Waals surface area contributed by atoms with Crippen molar-refractivity contribution in [3.8, 4) is 11.1 Å². The van der Waals surface area contributed by atoms with Gasteiger partial charge in [0, 0.05) is 11.6 Å². The van der Waals surface area contributed by atoms with E-state index in [0.29, 0.717) is 17.0 Å². The van der Waals surface area contributed by atoms with E-state index >= 15 is 0 Å². The van der Waals surface area contributed by atoms with E-state index in [1.54, 1.807) is 6.92 Å². The fraction of sp³-hybridized carbons (Fsp3) is 0.261. The molecular weight excluding hydrogens is 354 g/mol. The highest BCUT2D eigenvalue weighted by Gasteiger charge is 2.46. The smallest absolute Gasteiger partial charge is 0.337 e. The number of cyclic esters (lactones) is 1. The topological polar surface area (TPSA) is 65.0 Å². The molecule has 142 valence electrons. The maximum absolute atomic E-state index is 12.9. The van der Waals surface area contributed by atoms with Gasteiger partial charge in [-0.25, -0.2) is 4.79 Å². The van der Waals surface area contributed by atoms with Crippen molar-refractivity contribution in [1.29, 1.82) is 0 Å². The number of hydrogen-bond donors (Lipinski definition) is 0. The molecule has 0 aromatic heterocycles. The number of nitrogens with zero attached hydrogens (tertiary/aromatic N) is 1. The summed E-state index contributed by atoms with van der Waals surface area (Å²) in [4.78, 5) is 29.9. The Morgan fingerprint density at radius 2 is 1.86 bits per heavy atom. The minimum Gasteiger partial charge on any atom is -0.465 e. The predicted molar refractivity (Wildman–Crippen MR) is 106 cm³/mol. The van der Waals surface area contributed by atoms with E-state index in [1.165, 1.54) is 0 Å². The number of carbonyl (C=O) groups excluding carboxylic acids is 2. The fourth-order valence-electron chi connectivity index (χ4n) is 4.02. The Kier molecular flexibility index (Phi) is 4.82. The molecule has 2 aliphatic heterocycles. The van der Waals surface area contributed by atoms with Gasteiger partial charge in [0.05, 0.1) is 17.9 Å². The summed E-state index contributed by atoms with van der Waals surface area (Å²) in [5.41, 5.74) is 4.61.